The fraction of sp³-hybridized carbons (Fsp3) is 0.700. The van der Waals surface area contributed by atoms with Crippen molar-refractivity contribution in [3.05, 3.63) is 12.2 Å². The third kappa shape index (κ3) is 6.10. The monoisotopic (exact) mass is 170 g/mol. The van der Waals surface area contributed by atoms with E-state index in [0.29, 0.717) is 6.61 Å². The van der Waals surface area contributed by atoms with Gasteiger partial charge in [-0.15, -0.1) is 6.58 Å². The molecule has 0 N–H and O–H groups in total. The number of rotatable bonds is 6. The van der Waals surface area contributed by atoms with Crippen molar-refractivity contribution in [3.8, 4) is 0 Å². The van der Waals surface area contributed by atoms with Crippen molar-refractivity contribution in [2.24, 2.45) is 5.92 Å². The Morgan fingerprint density at radius 3 is 2.50 bits per heavy atom. The Morgan fingerprint density at radius 1 is 1.50 bits per heavy atom. The second-order valence-electron chi connectivity index (χ2n) is 3.38. The predicted molar refractivity (Wildman–Crippen MR) is 50.1 cm³/mol. The quantitative estimate of drug-likeness (QED) is 0.451. The second kappa shape index (κ2) is 5.95. The summed E-state index contributed by atoms with van der Waals surface area (Å²) in [5, 5.41) is 0. The van der Waals surface area contributed by atoms with E-state index in [1.165, 1.54) is 0 Å². The van der Waals surface area contributed by atoms with E-state index in [9.17, 15) is 4.79 Å². The maximum atomic E-state index is 11.0. The van der Waals surface area contributed by atoms with Gasteiger partial charge in [-0.25, -0.2) is 0 Å². The third-order valence-electron chi connectivity index (χ3n) is 1.56. The largest absolute Gasteiger partial charge is 0.373 e. The van der Waals surface area contributed by atoms with Crippen LogP contribution in [0.15, 0.2) is 12.2 Å². The maximum absolute atomic E-state index is 11.0. The van der Waals surface area contributed by atoms with Crippen LogP contribution in [-0.4, -0.2) is 19.0 Å². The SMILES string of the molecule is C=C(C)CCOCC(=O)C(C)C. The molecule has 0 aromatic carbocycles. The molecular formula is C10H18O2. The van der Waals surface area contributed by atoms with Crippen molar-refractivity contribution in [1.82, 2.24) is 0 Å². The Labute approximate surface area is 74.6 Å². The van der Waals surface area contributed by atoms with E-state index in [1.807, 2.05) is 20.8 Å². The summed E-state index contributed by atoms with van der Waals surface area (Å²) in [5.41, 5.74) is 1.09. The summed E-state index contributed by atoms with van der Waals surface area (Å²) >= 11 is 0. The molecule has 0 aliphatic carbocycles. The zero-order valence-corrected chi connectivity index (χ0v) is 8.22. The lowest BCUT2D eigenvalue weighted by molar-refractivity contribution is -0.126. The van der Waals surface area contributed by atoms with Crippen LogP contribution >= 0.6 is 0 Å². The minimum atomic E-state index is 0.0785. The molecule has 2 nitrogen and oxygen atoms in total. The molecule has 0 aliphatic heterocycles. The summed E-state index contributed by atoms with van der Waals surface area (Å²) in [6, 6.07) is 0. The number of carbonyl (C=O) groups is 1. The van der Waals surface area contributed by atoms with Crippen molar-refractivity contribution in [2.45, 2.75) is 27.2 Å². The van der Waals surface area contributed by atoms with Gasteiger partial charge in [0.15, 0.2) is 5.78 Å². The van der Waals surface area contributed by atoms with Gasteiger partial charge in [-0.1, -0.05) is 19.4 Å². The summed E-state index contributed by atoms with van der Waals surface area (Å²) < 4.78 is 5.16. The second-order valence-corrected chi connectivity index (χ2v) is 3.38. The van der Waals surface area contributed by atoms with Crippen molar-refractivity contribution in [1.29, 1.82) is 0 Å². The number of ether oxygens (including phenoxy) is 1. The molecule has 0 saturated carbocycles. The standard InChI is InChI=1S/C10H18O2/c1-8(2)5-6-12-7-10(11)9(3)4/h9H,1,5-7H2,2-4H3. The van der Waals surface area contributed by atoms with Crippen LogP contribution in [0.2, 0.25) is 0 Å². The highest BCUT2D eigenvalue weighted by Gasteiger charge is 2.05. The van der Waals surface area contributed by atoms with E-state index in [4.69, 9.17) is 4.74 Å². The lowest BCUT2D eigenvalue weighted by Gasteiger charge is -2.05. The highest BCUT2D eigenvalue weighted by atomic mass is 16.5. The molecule has 0 bridgehead atoms. The van der Waals surface area contributed by atoms with Crippen LogP contribution < -0.4 is 0 Å². The van der Waals surface area contributed by atoms with Gasteiger partial charge in [-0.05, 0) is 13.3 Å². The molecule has 0 aromatic heterocycles. The van der Waals surface area contributed by atoms with Gasteiger partial charge in [0.05, 0.1) is 6.61 Å². The van der Waals surface area contributed by atoms with E-state index in [-0.39, 0.29) is 18.3 Å². The topological polar surface area (TPSA) is 26.3 Å². The third-order valence-corrected chi connectivity index (χ3v) is 1.56. The summed E-state index contributed by atoms with van der Waals surface area (Å²) in [6.07, 6.45) is 0.839. The number of ketones is 1. The van der Waals surface area contributed by atoms with Crippen LogP contribution in [0.3, 0.4) is 0 Å². The Morgan fingerprint density at radius 2 is 2.08 bits per heavy atom. The molecule has 2 heteroatoms. The number of Topliss-reactive ketones (excluding diaryl/α,β-unsaturated/α-hetero) is 1. The average Bonchev–Trinajstić information content (AvgIpc) is 1.97. The lowest BCUT2D eigenvalue weighted by Crippen LogP contribution is -2.15. The van der Waals surface area contributed by atoms with Gasteiger partial charge in [0.25, 0.3) is 0 Å². The zero-order valence-electron chi connectivity index (χ0n) is 8.22. The Bertz CT molecular complexity index is 159. The highest BCUT2D eigenvalue weighted by Crippen LogP contribution is 1.98. The minimum absolute atomic E-state index is 0.0785. The molecule has 0 saturated heterocycles. The van der Waals surface area contributed by atoms with Gasteiger partial charge in [-0.2, -0.15) is 0 Å². The number of hydrogen-bond donors (Lipinski definition) is 0. The fourth-order valence-corrected chi connectivity index (χ4v) is 0.586. The number of carbonyl (C=O) groups excluding carboxylic acids is 1. The highest BCUT2D eigenvalue weighted by molar-refractivity contribution is 5.81. The molecule has 0 rings (SSSR count). The fourth-order valence-electron chi connectivity index (χ4n) is 0.586. The van der Waals surface area contributed by atoms with Crippen molar-refractivity contribution in [3.63, 3.8) is 0 Å². The normalized spacial score (nSPS) is 10.3. The predicted octanol–water partition coefficient (Wildman–Crippen LogP) is 2.19. The van der Waals surface area contributed by atoms with E-state index in [2.05, 4.69) is 6.58 Å². The smallest absolute Gasteiger partial charge is 0.160 e. The molecule has 0 aliphatic rings. The number of hydrogen-bond acceptors (Lipinski definition) is 2. The first-order valence-electron chi connectivity index (χ1n) is 4.29. The molecular weight excluding hydrogens is 152 g/mol. The van der Waals surface area contributed by atoms with Crippen molar-refractivity contribution < 1.29 is 9.53 Å². The maximum Gasteiger partial charge on any atom is 0.160 e. The molecule has 0 heterocycles. The van der Waals surface area contributed by atoms with E-state index < -0.39 is 0 Å². The summed E-state index contributed by atoms with van der Waals surface area (Å²) in [5.74, 6) is 0.242. The van der Waals surface area contributed by atoms with Gasteiger partial charge in [-0.3, -0.25) is 4.79 Å². The van der Waals surface area contributed by atoms with Crippen LogP contribution in [0.1, 0.15) is 27.2 Å². The summed E-state index contributed by atoms with van der Waals surface area (Å²) in [6.45, 7) is 10.3. The minimum Gasteiger partial charge on any atom is -0.373 e. The molecule has 0 radical (unpaired) electrons. The first kappa shape index (κ1) is 11.4. The molecule has 0 amide bonds. The molecule has 0 fully saturated rings. The van der Waals surface area contributed by atoms with Gasteiger partial charge in [0.1, 0.15) is 6.61 Å². The molecule has 0 atom stereocenters. The van der Waals surface area contributed by atoms with E-state index >= 15 is 0 Å². The molecule has 0 unspecified atom stereocenters. The zero-order chi connectivity index (χ0) is 9.56. The van der Waals surface area contributed by atoms with Crippen LogP contribution in [0.25, 0.3) is 0 Å². The van der Waals surface area contributed by atoms with Gasteiger partial charge in [0, 0.05) is 5.92 Å². The summed E-state index contributed by atoms with van der Waals surface area (Å²) in [4.78, 5) is 11.0. The first-order valence-corrected chi connectivity index (χ1v) is 4.29. The molecule has 70 valence electrons. The van der Waals surface area contributed by atoms with Crippen LogP contribution in [0, 0.1) is 5.92 Å². The lowest BCUT2D eigenvalue weighted by atomic mass is 10.1. The molecule has 12 heavy (non-hydrogen) atoms. The Kier molecular flexibility index (Phi) is 5.64. The van der Waals surface area contributed by atoms with E-state index in [1.54, 1.807) is 0 Å². The molecule has 0 aromatic rings. The Hall–Kier alpha value is -0.630. The Balaban J connectivity index is 3.32. The van der Waals surface area contributed by atoms with Crippen LogP contribution in [0.5, 0.6) is 0 Å². The van der Waals surface area contributed by atoms with E-state index in [0.717, 1.165) is 12.0 Å². The van der Waals surface area contributed by atoms with Gasteiger partial charge < -0.3 is 4.74 Å². The van der Waals surface area contributed by atoms with Crippen molar-refractivity contribution >= 4 is 5.78 Å². The van der Waals surface area contributed by atoms with Crippen LogP contribution in [-0.2, 0) is 9.53 Å². The van der Waals surface area contributed by atoms with Crippen LogP contribution in [0.4, 0.5) is 0 Å². The van der Waals surface area contributed by atoms with Crippen molar-refractivity contribution in [2.75, 3.05) is 13.2 Å². The molecule has 0 spiro atoms. The average molecular weight is 170 g/mol. The van der Waals surface area contributed by atoms with Gasteiger partial charge >= 0.3 is 0 Å². The van der Waals surface area contributed by atoms with Gasteiger partial charge in [0.2, 0.25) is 0 Å². The summed E-state index contributed by atoms with van der Waals surface area (Å²) in [7, 11) is 0. The first-order chi connectivity index (χ1) is 5.54.